The van der Waals surface area contributed by atoms with Crippen molar-refractivity contribution in [3.63, 3.8) is 0 Å². The molecular weight excluding hydrogens is 309 g/mol. The number of aliphatic hydroxyl groups excluding tert-OH is 1. The number of nitrogens with one attached hydrogen (secondary N) is 2. The Balaban J connectivity index is 2.44. The van der Waals surface area contributed by atoms with E-state index in [1.807, 2.05) is 0 Å². The van der Waals surface area contributed by atoms with Crippen LogP contribution in [-0.4, -0.2) is 40.9 Å². The van der Waals surface area contributed by atoms with E-state index >= 15 is 0 Å². The van der Waals surface area contributed by atoms with Crippen LogP contribution in [0.15, 0.2) is 29.0 Å². The lowest BCUT2D eigenvalue weighted by Crippen LogP contribution is -2.15. The van der Waals surface area contributed by atoms with Crippen LogP contribution in [0.5, 0.6) is 0 Å². The normalized spacial score (nSPS) is 13.4. The Morgan fingerprint density at radius 2 is 2.14 bits per heavy atom. The lowest BCUT2D eigenvalue weighted by molar-refractivity contribution is 0.213. The summed E-state index contributed by atoms with van der Waals surface area (Å²) in [6.07, 6.45) is 2.33. The quantitative estimate of drug-likeness (QED) is 0.559. The number of aliphatic hydroxyl groups is 1. The largest absolute Gasteiger partial charge is 0.389 e. The summed E-state index contributed by atoms with van der Waals surface area (Å²) >= 11 is 0. The zero-order chi connectivity index (χ0) is 16.4. The van der Waals surface area contributed by atoms with Crippen molar-refractivity contribution >= 4 is 13.4 Å². The number of aromatic nitrogens is 2. The summed E-state index contributed by atoms with van der Waals surface area (Å²) in [5, 5.41) is 12.8. The van der Waals surface area contributed by atoms with E-state index in [0.29, 0.717) is 18.8 Å². The van der Waals surface area contributed by atoms with Gasteiger partial charge in [-0.3, -0.25) is 9.55 Å². The highest BCUT2D eigenvalue weighted by Crippen LogP contribution is 2.49. The maximum atomic E-state index is 12.1. The molecule has 124 valence electrons. The van der Waals surface area contributed by atoms with Gasteiger partial charge in [0.1, 0.15) is 5.82 Å². The third kappa shape index (κ3) is 7.00. The van der Waals surface area contributed by atoms with Gasteiger partial charge in [0.25, 0.3) is 0 Å². The fourth-order valence-electron chi connectivity index (χ4n) is 1.61. The van der Waals surface area contributed by atoms with E-state index in [4.69, 9.17) is 9.05 Å². The first-order chi connectivity index (χ1) is 10.5. The molecule has 0 bridgehead atoms. The maximum absolute atomic E-state index is 12.1. The van der Waals surface area contributed by atoms with Gasteiger partial charge in [0.05, 0.1) is 19.3 Å². The average Bonchev–Trinajstić information content (AvgIpc) is 2.46. The van der Waals surface area contributed by atoms with Gasteiger partial charge in [-0.25, -0.2) is 9.78 Å². The summed E-state index contributed by atoms with van der Waals surface area (Å²) in [7, 11) is -3.29. The van der Waals surface area contributed by atoms with E-state index in [0.717, 1.165) is 0 Å². The van der Waals surface area contributed by atoms with Crippen molar-refractivity contribution in [2.24, 2.45) is 0 Å². The molecule has 22 heavy (non-hydrogen) atoms. The van der Waals surface area contributed by atoms with Gasteiger partial charge in [0.2, 0.25) is 0 Å². The topological polar surface area (TPSA) is 114 Å². The standard InChI is InChI=1S/C13H22N3O5P/c1-3-20-22(19,21-4-2)10-7-11(17)5-8-14-12-6-9-15-13(18)16-12/h6-7,9-11,17H,3-5,8H2,1-2H3,(H2,14,15,16,18)/b10-7+/t11-/m1/s1. The highest BCUT2D eigenvalue weighted by atomic mass is 31.2. The first-order valence-corrected chi connectivity index (χ1v) is 8.65. The van der Waals surface area contributed by atoms with Crippen LogP contribution in [0.3, 0.4) is 0 Å². The fourth-order valence-corrected chi connectivity index (χ4v) is 2.99. The van der Waals surface area contributed by atoms with Crippen LogP contribution >= 0.6 is 7.60 Å². The Hall–Kier alpha value is -1.47. The molecule has 1 atom stereocenters. The Morgan fingerprint density at radius 1 is 1.45 bits per heavy atom. The maximum Gasteiger partial charge on any atom is 0.353 e. The zero-order valence-corrected chi connectivity index (χ0v) is 13.6. The summed E-state index contributed by atoms with van der Waals surface area (Å²) in [5.74, 6) is 1.80. The smallest absolute Gasteiger partial charge is 0.353 e. The summed E-state index contributed by atoms with van der Waals surface area (Å²) in [4.78, 5) is 17.0. The molecule has 0 radical (unpaired) electrons. The number of hydrogen-bond acceptors (Lipinski definition) is 7. The Kier molecular flexibility index (Phi) is 8.05. The second kappa shape index (κ2) is 9.53. The number of hydrogen-bond donors (Lipinski definition) is 3. The molecule has 0 aromatic carbocycles. The molecule has 0 amide bonds. The Bertz CT molecular complexity index is 565. The van der Waals surface area contributed by atoms with E-state index in [9.17, 15) is 14.5 Å². The highest BCUT2D eigenvalue weighted by Gasteiger charge is 2.19. The van der Waals surface area contributed by atoms with Crippen molar-refractivity contribution in [2.45, 2.75) is 26.4 Å². The second-order valence-corrected chi connectivity index (χ2v) is 6.18. The van der Waals surface area contributed by atoms with Crippen molar-refractivity contribution < 1.29 is 18.7 Å². The van der Waals surface area contributed by atoms with Crippen molar-refractivity contribution in [1.29, 1.82) is 0 Å². The van der Waals surface area contributed by atoms with E-state index in [-0.39, 0.29) is 13.2 Å². The monoisotopic (exact) mass is 331 g/mol. The number of rotatable bonds is 10. The molecule has 9 heteroatoms. The number of anilines is 1. The molecule has 1 aromatic heterocycles. The molecule has 0 spiro atoms. The van der Waals surface area contributed by atoms with Crippen LogP contribution in [0.2, 0.25) is 0 Å². The molecule has 0 unspecified atom stereocenters. The van der Waals surface area contributed by atoms with Gasteiger partial charge in [0.15, 0.2) is 0 Å². The zero-order valence-electron chi connectivity index (χ0n) is 12.7. The Labute approximate surface area is 129 Å². The van der Waals surface area contributed by atoms with Gasteiger partial charge in [-0.2, -0.15) is 0 Å². The molecule has 3 N–H and O–H groups in total. The van der Waals surface area contributed by atoms with Crippen molar-refractivity contribution in [3.05, 3.63) is 34.6 Å². The van der Waals surface area contributed by atoms with Gasteiger partial charge in [-0.15, -0.1) is 0 Å². The summed E-state index contributed by atoms with van der Waals surface area (Å²) in [6.45, 7) is 4.37. The minimum absolute atomic E-state index is 0.259. The Morgan fingerprint density at radius 3 is 2.73 bits per heavy atom. The van der Waals surface area contributed by atoms with Gasteiger partial charge in [0, 0.05) is 18.6 Å². The summed E-state index contributed by atoms with van der Waals surface area (Å²) < 4.78 is 22.3. The third-order valence-corrected chi connectivity index (χ3v) is 4.31. The number of H-pyrrole nitrogens is 1. The van der Waals surface area contributed by atoms with Crippen LogP contribution in [0, 0.1) is 0 Å². The second-order valence-electron chi connectivity index (χ2n) is 4.29. The minimum Gasteiger partial charge on any atom is -0.389 e. The molecule has 1 heterocycles. The van der Waals surface area contributed by atoms with E-state index in [1.165, 1.54) is 18.1 Å². The molecule has 0 saturated heterocycles. The lowest BCUT2D eigenvalue weighted by Gasteiger charge is -2.13. The van der Waals surface area contributed by atoms with Crippen molar-refractivity contribution in [3.8, 4) is 0 Å². The van der Waals surface area contributed by atoms with Crippen molar-refractivity contribution in [1.82, 2.24) is 9.97 Å². The van der Waals surface area contributed by atoms with Crippen LogP contribution in [0.4, 0.5) is 5.82 Å². The SMILES string of the molecule is CCOP(=O)(/C=C/[C@H](O)CCNc1ccnc(=O)[nH]1)OCC. The predicted octanol–water partition coefficient (Wildman–Crippen LogP) is 1.71. The van der Waals surface area contributed by atoms with Crippen LogP contribution in [0.25, 0.3) is 0 Å². The molecule has 0 fully saturated rings. The van der Waals surface area contributed by atoms with Gasteiger partial charge in [-0.05, 0) is 32.4 Å². The molecule has 0 saturated carbocycles. The molecule has 0 aliphatic heterocycles. The number of aromatic amines is 1. The fraction of sp³-hybridized carbons (Fsp3) is 0.538. The minimum atomic E-state index is -3.29. The summed E-state index contributed by atoms with van der Waals surface area (Å²) in [6, 6.07) is 1.61. The average molecular weight is 331 g/mol. The first kappa shape index (κ1) is 18.6. The van der Waals surface area contributed by atoms with Gasteiger partial charge >= 0.3 is 13.3 Å². The van der Waals surface area contributed by atoms with Gasteiger partial charge < -0.3 is 19.5 Å². The molecular formula is C13H22N3O5P. The molecule has 8 nitrogen and oxygen atoms in total. The van der Waals surface area contributed by atoms with Crippen LogP contribution in [-0.2, 0) is 13.6 Å². The van der Waals surface area contributed by atoms with Crippen molar-refractivity contribution in [2.75, 3.05) is 25.1 Å². The summed E-state index contributed by atoms with van der Waals surface area (Å²) in [5.41, 5.74) is -0.445. The highest BCUT2D eigenvalue weighted by molar-refractivity contribution is 7.57. The molecule has 0 aliphatic carbocycles. The van der Waals surface area contributed by atoms with Crippen LogP contribution < -0.4 is 11.0 Å². The predicted molar refractivity (Wildman–Crippen MR) is 84.0 cm³/mol. The lowest BCUT2D eigenvalue weighted by atomic mass is 10.2. The van der Waals surface area contributed by atoms with E-state index in [2.05, 4.69) is 15.3 Å². The van der Waals surface area contributed by atoms with E-state index in [1.54, 1.807) is 19.9 Å². The third-order valence-electron chi connectivity index (χ3n) is 2.54. The molecule has 1 rings (SSSR count). The first-order valence-electron chi connectivity index (χ1n) is 7.04. The van der Waals surface area contributed by atoms with E-state index < -0.39 is 19.4 Å². The molecule has 0 aliphatic rings. The van der Waals surface area contributed by atoms with Crippen LogP contribution in [0.1, 0.15) is 20.3 Å². The molecule has 1 aromatic rings. The number of nitrogens with zero attached hydrogens (tertiary/aromatic N) is 1. The van der Waals surface area contributed by atoms with Gasteiger partial charge in [-0.1, -0.05) is 0 Å².